The van der Waals surface area contributed by atoms with Gasteiger partial charge in [0.1, 0.15) is 11.6 Å². The number of carbonyl (C=O) groups excluding carboxylic acids is 2. The summed E-state index contributed by atoms with van der Waals surface area (Å²) in [6.07, 6.45) is 2.38. The zero-order chi connectivity index (χ0) is 21.3. The van der Waals surface area contributed by atoms with E-state index in [1.54, 1.807) is 7.11 Å². The molecule has 0 spiro atoms. The van der Waals surface area contributed by atoms with Crippen molar-refractivity contribution in [2.45, 2.75) is 39.2 Å². The van der Waals surface area contributed by atoms with Gasteiger partial charge in [-0.15, -0.1) is 0 Å². The molecule has 0 saturated heterocycles. The predicted octanol–water partition coefficient (Wildman–Crippen LogP) is 3.71. The van der Waals surface area contributed by atoms with E-state index in [1.165, 1.54) is 5.56 Å². The number of methoxy groups -OCH3 is 1. The number of ether oxygens (including phenoxy) is 1. The second kappa shape index (κ2) is 10.3. The Bertz CT molecular complexity index is 978. The number of aryl methyl sites for hydroxylation is 1. The minimum atomic E-state index is -0.201. The SMILES string of the molecule is CCCc1ccc(C(=O)CCC(=O)NCc2nc(-c3ccc(OC)cc3)n[nH]2)cc1. The molecule has 0 aliphatic rings. The first kappa shape index (κ1) is 21.2. The van der Waals surface area contributed by atoms with E-state index in [4.69, 9.17) is 4.74 Å². The van der Waals surface area contributed by atoms with Gasteiger partial charge in [-0.3, -0.25) is 14.7 Å². The Hall–Kier alpha value is -3.48. The van der Waals surface area contributed by atoms with Crippen molar-refractivity contribution >= 4 is 11.7 Å². The Labute approximate surface area is 175 Å². The van der Waals surface area contributed by atoms with Crippen molar-refractivity contribution in [1.29, 1.82) is 0 Å². The Balaban J connectivity index is 1.45. The van der Waals surface area contributed by atoms with Crippen LogP contribution in [0.25, 0.3) is 11.4 Å². The molecule has 3 rings (SSSR count). The fraction of sp³-hybridized carbons (Fsp3) is 0.304. The molecule has 156 valence electrons. The highest BCUT2D eigenvalue weighted by Gasteiger charge is 2.11. The van der Waals surface area contributed by atoms with E-state index in [9.17, 15) is 9.59 Å². The smallest absolute Gasteiger partial charge is 0.220 e. The van der Waals surface area contributed by atoms with E-state index in [0.717, 1.165) is 24.2 Å². The summed E-state index contributed by atoms with van der Waals surface area (Å²) in [7, 11) is 1.61. The molecule has 0 atom stereocenters. The number of Topliss-reactive ketones (excluding diaryl/α,β-unsaturated/α-hetero) is 1. The van der Waals surface area contributed by atoms with Gasteiger partial charge in [0.15, 0.2) is 11.6 Å². The lowest BCUT2D eigenvalue weighted by atomic mass is 10.0. The molecule has 0 aliphatic carbocycles. The summed E-state index contributed by atoms with van der Waals surface area (Å²) in [5, 5.41) is 9.76. The van der Waals surface area contributed by atoms with Crippen molar-refractivity contribution < 1.29 is 14.3 Å². The maximum absolute atomic E-state index is 12.3. The first-order chi connectivity index (χ1) is 14.6. The number of ketones is 1. The van der Waals surface area contributed by atoms with Crippen LogP contribution in [0.3, 0.4) is 0 Å². The van der Waals surface area contributed by atoms with Crippen molar-refractivity contribution in [2.75, 3.05) is 7.11 Å². The number of rotatable bonds is 10. The summed E-state index contributed by atoms with van der Waals surface area (Å²) in [6, 6.07) is 15.0. The van der Waals surface area contributed by atoms with Gasteiger partial charge in [-0.2, -0.15) is 5.10 Å². The van der Waals surface area contributed by atoms with Crippen LogP contribution in [0.5, 0.6) is 5.75 Å². The lowest BCUT2D eigenvalue weighted by molar-refractivity contribution is -0.121. The van der Waals surface area contributed by atoms with Gasteiger partial charge < -0.3 is 10.1 Å². The number of aromatic amines is 1. The van der Waals surface area contributed by atoms with Crippen LogP contribution in [0.1, 0.15) is 47.9 Å². The van der Waals surface area contributed by atoms with Crippen molar-refractivity contribution in [1.82, 2.24) is 20.5 Å². The van der Waals surface area contributed by atoms with Gasteiger partial charge in [-0.1, -0.05) is 37.6 Å². The standard InChI is InChI=1S/C23H26N4O3/c1-3-4-16-5-7-17(8-6-16)20(28)13-14-22(29)24-15-21-25-23(27-26-21)18-9-11-19(30-2)12-10-18/h5-12H,3-4,13-15H2,1-2H3,(H,24,29)(H,25,26,27). The maximum Gasteiger partial charge on any atom is 0.220 e. The minimum absolute atomic E-state index is 0.0327. The summed E-state index contributed by atoms with van der Waals surface area (Å²) < 4.78 is 5.14. The molecule has 3 aromatic rings. The Morgan fingerprint density at radius 2 is 1.77 bits per heavy atom. The number of nitrogens with one attached hydrogen (secondary N) is 2. The molecule has 7 nitrogen and oxygen atoms in total. The molecular weight excluding hydrogens is 380 g/mol. The second-order valence-electron chi connectivity index (χ2n) is 6.98. The van der Waals surface area contributed by atoms with Crippen molar-refractivity contribution in [3.63, 3.8) is 0 Å². The Morgan fingerprint density at radius 1 is 1.03 bits per heavy atom. The van der Waals surface area contributed by atoms with Crippen molar-refractivity contribution in [2.24, 2.45) is 0 Å². The van der Waals surface area contributed by atoms with Gasteiger partial charge in [0.05, 0.1) is 13.7 Å². The maximum atomic E-state index is 12.3. The number of benzene rings is 2. The third kappa shape index (κ3) is 5.76. The topological polar surface area (TPSA) is 97.0 Å². The van der Waals surface area contributed by atoms with E-state index in [2.05, 4.69) is 27.4 Å². The van der Waals surface area contributed by atoms with Crippen LogP contribution in [0.2, 0.25) is 0 Å². The summed E-state index contributed by atoms with van der Waals surface area (Å²) in [4.78, 5) is 28.8. The molecule has 1 aromatic heterocycles. The monoisotopic (exact) mass is 406 g/mol. The molecule has 0 aliphatic heterocycles. The van der Waals surface area contributed by atoms with Gasteiger partial charge in [-0.05, 0) is 36.2 Å². The van der Waals surface area contributed by atoms with E-state index in [0.29, 0.717) is 17.2 Å². The van der Waals surface area contributed by atoms with Gasteiger partial charge in [0, 0.05) is 24.0 Å². The van der Waals surface area contributed by atoms with Crippen molar-refractivity contribution in [3.05, 3.63) is 65.5 Å². The van der Waals surface area contributed by atoms with Crippen molar-refractivity contribution in [3.8, 4) is 17.1 Å². The molecule has 0 radical (unpaired) electrons. The summed E-state index contributed by atoms with van der Waals surface area (Å²) >= 11 is 0. The molecule has 2 aromatic carbocycles. The zero-order valence-electron chi connectivity index (χ0n) is 17.3. The largest absolute Gasteiger partial charge is 0.497 e. The fourth-order valence-electron chi connectivity index (χ4n) is 3.03. The quantitative estimate of drug-likeness (QED) is 0.500. The first-order valence-electron chi connectivity index (χ1n) is 10.0. The highest BCUT2D eigenvalue weighted by Crippen LogP contribution is 2.18. The van der Waals surface area contributed by atoms with E-state index < -0.39 is 0 Å². The van der Waals surface area contributed by atoms with E-state index >= 15 is 0 Å². The average molecular weight is 406 g/mol. The molecule has 0 unspecified atom stereocenters. The second-order valence-corrected chi connectivity index (χ2v) is 6.98. The number of carbonyl (C=O) groups is 2. The van der Waals surface area contributed by atoms with Crippen LogP contribution in [0.4, 0.5) is 0 Å². The molecular formula is C23H26N4O3. The molecule has 0 fully saturated rings. The van der Waals surface area contributed by atoms with Crippen LogP contribution in [0, 0.1) is 0 Å². The summed E-state index contributed by atoms with van der Waals surface area (Å²) in [6.45, 7) is 2.35. The molecule has 30 heavy (non-hydrogen) atoms. The van der Waals surface area contributed by atoms with Crippen LogP contribution in [-0.4, -0.2) is 34.0 Å². The van der Waals surface area contributed by atoms with Gasteiger partial charge in [0.25, 0.3) is 0 Å². The normalized spacial score (nSPS) is 10.6. The highest BCUT2D eigenvalue weighted by molar-refractivity contribution is 5.97. The summed E-state index contributed by atoms with van der Waals surface area (Å²) in [5.41, 5.74) is 2.70. The van der Waals surface area contributed by atoms with E-state index in [-0.39, 0.29) is 31.1 Å². The predicted molar refractivity (Wildman–Crippen MR) is 114 cm³/mol. The first-order valence-corrected chi connectivity index (χ1v) is 10.0. The Morgan fingerprint density at radius 3 is 2.43 bits per heavy atom. The molecule has 2 N–H and O–H groups in total. The van der Waals surface area contributed by atoms with Gasteiger partial charge in [0.2, 0.25) is 5.91 Å². The lowest BCUT2D eigenvalue weighted by Gasteiger charge is -2.04. The van der Waals surface area contributed by atoms with Gasteiger partial charge in [-0.25, -0.2) is 4.98 Å². The number of nitrogens with zero attached hydrogens (tertiary/aromatic N) is 2. The van der Waals surface area contributed by atoms with Crippen LogP contribution >= 0.6 is 0 Å². The third-order valence-corrected chi connectivity index (χ3v) is 4.73. The average Bonchev–Trinajstić information content (AvgIpc) is 3.26. The number of aromatic nitrogens is 3. The van der Waals surface area contributed by atoms with Gasteiger partial charge >= 0.3 is 0 Å². The minimum Gasteiger partial charge on any atom is -0.497 e. The zero-order valence-corrected chi connectivity index (χ0v) is 17.3. The number of amides is 1. The fourth-order valence-corrected chi connectivity index (χ4v) is 3.03. The molecule has 0 saturated carbocycles. The number of hydrogen-bond donors (Lipinski definition) is 2. The molecule has 1 heterocycles. The van der Waals surface area contributed by atoms with E-state index in [1.807, 2.05) is 48.5 Å². The Kier molecular flexibility index (Phi) is 7.32. The lowest BCUT2D eigenvalue weighted by Crippen LogP contribution is -2.23. The van der Waals surface area contributed by atoms with Crippen LogP contribution in [-0.2, 0) is 17.8 Å². The summed E-state index contributed by atoms with van der Waals surface area (Å²) in [5.74, 6) is 1.62. The number of H-pyrrole nitrogens is 1. The van der Waals surface area contributed by atoms with Crippen LogP contribution in [0.15, 0.2) is 48.5 Å². The number of hydrogen-bond acceptors (Lipinski definition) is 5. The highest BCUT2D eigenvalue weighted by atomic mass is 16.5. The molecule has 7 heteroatoms. The van der Waals surface area contributed by atoms with Crippen LogP contribution < -0.4 is 10.1 Å². The molecule has 0 bridgehead atoms. The molecule has 1 amide bonds. The third-order valence-electron chi connectivity index (χ3n) is 4.73.